The first-order valence-electron chi connectivity index (χ1n) is 5.60. The van der Waals surface area contributed by atoms with E-state index in [0.717, 1.165) is 10.9 Å². The van der Waals surface area contributed by atoms with Gasteiger partial charge in [-0.25, -0.2) is 0 Å². The number of halogens is 1. The van der Waals surface area contributed by atoms with Gasteiger partial charge in [0.15, 0.2) is 5.78 Å². The van der Waals surface area contributed by atoms with Gasteiger partial charge in [0.25, 0.3) is 0 Å². The van der Waals surface area contributed by atoms with Gasteiger partial charge >= 0.3 is 0 Å². The zero-order valence-electron chi connectivity index (χ0n) is 9.50. The quantitative estimate of drug-likeness (QED) is 0.788. The molecule has 0 spiro atoms. The van der Waals surface area contributed by atoms with E-state index in [1.54, 1.807) is 0 Å². The molecule has 1 aliphatic carbocycles. The smallest absolute Gasteiger partial charge is 0.169 e. The van der Waals surface area contributed by atoms with Crippen molar-refractivity contribution in [2.75, 3.05) is 6.61 Å². The molecule has 1 saturated carbocycles. The highest BCUT2D eigenvalue weighted by Crippen LogP contribution is 2.42. The average molecular weight is 283 g/mol. The standard InChI is InChI=1S/C13H15BrO2/c1-3-16-12-5-4-9(14)7-11(12)13(15)10-6-8(10)2/h4-5,7-8,10H,3,6H2,1-2H3. The van der Waals surface area contributed by atoms with E-state index in [9.17, 15) is 4.79 Å². The van der Waals surface area contributed by atoms with Crippen molar-refractivity contribution >= 4 is 21.7 Å². The summed E-state index contributed by atoms with van der Waals surface area (Å²) in [4.78, 5) is 12.2. The molecular formula is C13H15BrO2. The lowest BCUT2D eigenvalue weighted by molar-refractivity contribution is 0.0958. The van der Waals surface area contributed by atoms with Crippen molar-refractivity contribution in [1.29, 1.82) is 0 Å². The summed E-state index contributed by atoms with van der Waals surface area (Å²) in [5.41, 5.74) is 0.713. The third-order valence-corrected chi connectivity index (χ3v) is 3.45. The van der Waals surface area contributed by atoms with Crippen molar-refractivity contribution in [2.24, 2.45) is 11.8 Å². The van der Waals surface area contributed by atoms with Crippen LogP contribution in [-0.2, 0) is 0 Å². The second-order valence-corrected chi connectivity index (χ2v) is 5.17. The lowest BCUT2D eigenvalue weighted by Crippen LogP contribution is -2.06. The third-order valence-electron chi connectivity index (χ3n) is 2.95. The predicted molar refractivity (Wildman–Crippen MR) is 66.9 cm³/mol. The van der Waals surface area contributed by atoms with Gasteiger partial charge < -0.3 is 4.74 Å². The van der Waals surface area contributed by atoms with E-state index < -0.39 is 0 Å². The highest BCUT2D eigenvalue weighted by molar-refractivity contribution is 9.10. The van der Waals surface area contributed by atoms with Crippen molar-refractivity contribution in [3.63, 3.8) is 0 Å². The Bertz CT molecular complexity index is 414. The van der Waals surface area contributed by atoms with Crippen molar-refractivity contribution in [2.45, 2.75) is 20.3 Å². The third kappa shape index (κ3) is 2.29. The van der Waals surface area contributed by atoms with E-state index in [0.29, 0.717) is 23.8 Å². The molecule has 2 atom stereocenters. The van der Waals surface area contributed by atoms with Gasteiger partial charge in [-0.15, -0.1) is 0 Å². The fraction of sp³-hybridized carbons (Fsp3) is 0.462. The fourth-order valence-corrected chi connectivity index (χ4v) is 2.22. The molecule has 0 heterocycles. The lowest BCUT2D eigenvalue weighted by Gasteiger charge is -2.09. The Morgan fingerprint density at radius 2 is 2.25 bits per heavy atom. The minimum Gasteiger partial charge on any atom is -0.493 e. The first kappa shape index (κ1) is 11.6. The van der Waals surface area contributed by atoms with Crippen LogP contribution in [0.4, 0.5) is 0 Å². The Morgan fingerprint density at radius 1 is 1.56 bits per heavy atom. The molecule has 1 aromatic rings. The molecular weight excluding hydrogens is 268 g/mol. The van der Waals surface area contributed by atoms with Crippen LogP contribution in [-0.4, -0.2) is 12.4 Å². The van der Waals surface area contributed by atoms with Crippen LogP contribution in [0.15, 0.2) is 22.7 Å². The number of benzene rings is 1. The molecule has 1 aliphatic rings. The maximum absolute atomic E-state index is 12.2. The summed E-state index contributed by atoms with van der Waals surface area (Å²) >= 11 is 3.39. The van der Waals surface area contributed by atoms with Gasteiger partial charge in [0, 0.05) is 10.4 Å². The molecule has 0 bridgehead atoms. The molecule has 1 fully saturated rings. The number of ketones is 1. The summed E-state index contributed by atoms with van der Waals surface area (Å²) in [6.45, 7) is 4.62. The normalized spacial score (nSPS) is 22.9. The molecule has 0 N–H and O–H groups in total. The Balaban J connectivity index is 2.29. The highest BCUT2D eigenvalue weighted by Gasteiger charge is 2.40. The summed E-state index contributed by atoms with van der Waals surface area (Å²) in [7, 11) is 0. The minimum absolute atomic E-state index is 0.202. The molecule has 0 aliphatic heterocycles. The Kier molecular flexibility index (Phi) is 3.33. The molecule has 2 unspecified atom stereocenters. The van der Waals surface area contributed by atoms with E-state index in [4.69, 9.17) is 4.74 Å². The summed E-state index contributed by atoms with van der Waals surface area (Å²) in [6.07, 6.45) is 1.01. The molecule has 1 aromatic carbocycles. The SMILES string of the molecule is CCOc1ccc(Br)cc1C(=O)C1CC1C. The summed E-state index contributed by atoms with van der Waals surface area (Å²) in [5.74, 6) is 1.65. The van der Waals surface area contributed by atoms with Crippen LogP contribution in [0, 0.1) is 11.8 Å². The van der Waals surface area contributed by atoms with Crippen LogP contribution >= 0.6 is 15.9 Å². The van der Waals surface area contributed by atoms with Gasteiger partial charge in [-0.1, -0.05) is 22.9 Å². The molecule has 2 nitrogen and oxygen atoms in total. The maximum atomic E-state index is 12.2. The monoisotopic (exact) mass is 282 g/mol. The second kappa shape index (κ2) is 4.58. The topological polar surface area (TPSA) is 26.3 Å². The van der Waals surface area contributed by atoms with Gasteiger partial charge in [0.1, 0.15) is 5.75 Å². The summed E-state index contributed by atoms with van der Waals surface area (Å²) in [6, 6.07) is 5.62. The van der Waals surface area contributed by atoms with Gasteiger partial charge in [0.2, 0.25) is 0 Å². The summed E-state index contributed by atoms with van der Waals surface area (Å²) in [5, 5.41) is 0. The largest absolute Gasteiger partial charge is 0.493 e. The minimum atomic E-state index is 0.202. The fourth-order valence-electron chi connectivity index (χ4n) is 1.86. The Labute approximate surface area is 104 Å². The zero-order chi connectivity index (χ0) is 11.7. The molecule has 0 aromatic heterocycles. The molecule has 0 radical (unpaired) electrons. The van der Waals surface area contributed by atoms with E-state index in [1.807, 2.05) is 25.1 Å². The van der Waals surface area contributed by atoms with Crippen LogP contribution in [0.25, 0.3) is 0 Å². The summed E-state index contributed by atoms with van der Waals surface area (Å²) < 4.78 is 6.41. The van der Waals surface area contributed by atoms with Crippen LogP contribution < -0.4 is 4.74 Å². The zero-order valence-corrected chi connectivity index (χ0v) is 11.1. The number of rotatable bonds is 4. The van der Waals surface area contributed by atoms with Crippen LogP contribution in [0.5, 0.6) is 5.75 Å². The Hall–Kier alpha value is -0.830. The molecule has 2 rings (SSSR count). The first-order valence-corrected chi connectivity index (χ1v) is 6.39. The lowest BCUT2D eigenvalue weighted by atomic mass is 10.1. The molecule has 0 saturated heterocycles. The predicted octanol–water partition coefficient (Wildman–Crippen LogP) is 3.69. The van der Waals surface area contributed by atoms with Gasteiger partial charge in [-0.3, -0.25) is 4.79 Å². The first-order chi connectivity index (χ1) is 7.63. The molecule has 0 amide bonds. The van der Waals surface area contributed by atoms with E-state index in [2.05, 4.69) is 22.9 Å². The van der Waals surface area contributed by atoms with Gasteiger partial charge in [-0.05, 0) is 37.5 Å². The number of hydrogen-bond donors (Lipinski definition) is 0. The van der Waals surface area contributed by atoms with Crippen molar-refractivity contribution < 1.29 is 9.53 Å². The van der Waals surface area contributed by atoms with E-state index >= 15 is 0 Å². The van der Waals surface area contributed by atoms with Crippen molar-refractivity contribution in [1.82, 2.24) is 0 Å². The number of carbonyl (C=O) groups excluding carboxylic acids is 1. The van der Waals surface area contributed by atoms with Crippen molar-refractivity contribution in [3.05, 3.63) is 28.2 Å². The van der Waals surface area contributed by atoms with Gasteiger partial charge in [0.05, 0.1) is 12.2 Å². The van der Waals surface area contributed by atoms with Gasteiger partial charge in [-0.2, -0.15) is 0 Å². The number of hydrogen-bond acceptors (Lipinski definition) is 2. The number of Topliss-reactive ketones (excluding diaryl/α,β-unsaturated/α-hetero) is 1. The average Bonchev–Trinajstić information content (AvgIpc) is 2.97. The van der Waals surface area contributed by atoms with Crippen LogP contribution in [0.3, 0.4) is 0 Å². The Morgan fingerprint density at radius 3 is 2.81 bits per heavy atom. The highest BCUT2D eigenvalue weighted by atomic mass is 79.9. The number of ether oxygens (including phenoxy) is 1. The van der Waals surface area contributed by atoms with E-state index in [1.165, 1.54) is 0 Å². The molecule has 3 heteroatoms. The maximum Gasteiger partial charge on any atom is 0.169 e. The molecule has 16 heavy (non-hydrogen) atoms. The number of carbonyl (C=O) groups is 1. The van der Waals surface area contributed by atoms with E-state index in [-0.39, 0.29) is 11.7 Å². The van der Waals surface area contributed by atoms with Crippen molar-refractivity contribution in [3.8, 4) is 5.75 Å². The van der Waals surface area contributed by atoms with Crippen LogP contribution in [0.1, 0.15) is 30.6 Å². The molecule has 86 valence electrons. The van der Waals surface area contributed by atoms with Crippen LogP contribution in [0.2, 0.25) is 0 Å². The second-order valence-electron chi connectivity index (χ2n) is 4.26.